The van der Waals surface area contributed by atoms with Gasteiger partial charge in [-0.2, -0.15) is 13.2 Å². The first-order valence-corrected chi connectivity index (χ1v) is 11.0. The van der Waals surface area contributed by atoms with Crippen LogP contribution in [0.5, 0.6) is 0 Å². The number of aromatic nitrogens is 4. The molecule has 0 radical (unpaired) electrons. The lowest BCUT2D eigenvalue weighted by Crippen LogP contribution is -2.31. The number of hydrogen-bond acceptors (Lipinski definition) is 6. The summed E-state index contributed by atoms with van der Waals surface area (Å²) in [5.41, 5.74) is 0.663. The van der Waals surface area contributed by atoms with E-state index in [9.17, 15) is 23.1 Å². The Labute approximate surface area is 194 Å². The van der Waals surface area contributed by atoms with Gasteiger partial charge < -0.3 is 20.3 Å². The van der Waals surface area contributed by atoms with Crippen LogP contribution in [-0.4, -0.2) is 42.7 Å². The number of carbonyl (C=O) groups excluding carboxylic acids is 1. The number of imidazole rings is 1. The largest absolute Gasteiger partial charge is 0.434 e. The van der Waals surface area contributed by atoms with Gasteiger partial charge in [-0.15, -0.1) is 0 Å². The Bertz CT molecular complexity index is 1140. The third-order valence-electron chi connectivity index (χ3n) is 5.75. The topological polar surface area (TPSA) is 105 Å². The van der Waals surface area contributed by atoms with Crippen LogP contribution in [0.25, 0.3) is 5.69 Å². The predicted octanol–water partition coefficient (Wildman–Crippen LogP) is 3.63. The number of nitrogens with one attached hydrogen (secondary N) is 2. The third kappa shape index (κ3) is 5.71. The molecule has 34 heavy (non-hydrogen) atoms. The van der Waals surface area contributed by atoms with Crippen LogP contribution in [0.3, 0.4) is 0 Å². The number of amides is 1. The highest BCUT2D eigenvalue weighted by molar-refractivity contribution is 5.98. The van der Waals surface area contributed by atoms with E-state index in [0.29, 0.717) is 35.7 Å². The van der Waals surface area contributed by atoms with Crippen molar-refractivity contribution in [3.8, 4) is 5.69 Å². The van der Waals surface area contributed by atoms with Crippen molar-refractivity contribution in [2.75, 3.05) is 5.32 Å². The van der Waals surface area contributed by atoms with Crippen molar-refractivity contribution in [1.82, 2.24) is 24.8 Å². The lowest BCUT2D eigenvalue weighted by molar-refractivity contribution is -0.140. The first-order valence-electron chi connectivity index (χ1n) is 11.0. The number of aliphatic hydroxyl groups is 1. The second-order valence-corrected chi connectivity index (χ2v) is 8.34. The van der Waals surface area contributed by atoms with E-state index < -0.39 is 11.9 Å². The summed E-state index contributed by atoms with van der Waals surface area (Å²) in [5, 5.41) is 15.9. The number of nitrogens with zero attached hydrogens (tertiary/aromatic N) is 4. The van der Waals surface area contributed by atoms with E-state index in [1.807, 2.05) is 0 Å². The average molecular weight is 474 g/mol. The first kappa shape index (κ1) is 23.7. The molecule has 0 saturated heterocycles. The van der Waals surface area contributed by atoms with Crippen LogP contribution in [0.1, 0.15) is 53.1 Å². The summed E-state index contributed by atoms with van der Waals surface area (Å²) in [6, 6.07) is 6.88. The van der Waals surface area contributed by atoms with Crippen LogP contribution < -0.4 is 10.6 Å². The van der Waals surface area contributed by atoms with Crippen molar-refractivity contribution in [1.29, 1.82) is 0 Å². The van der Waals surface area contributed by atoms with Crippen molar-refractivity contribution in [2.24, 2.45) is 0 Å². The molecule has 0 bridgehead atoms. The standard InChI is InChI=1S/C23H25F3N6O2/c1-14-27-11-19(21(30-14)31-16-4-8-18(33)9-5-16)22(34)28-10-15-2-6-17(7-3-15)32-12-20(29-13-32)23(24,25)26/h2-3,6-7,11-13,16,18,33H,4-5,8-10H2,1H3,(H,28,34)(H,27,30,31). The molecule has 11 heteroatoms. The maximum absolute atomic E-state index is 12.8. The van der Waals surface area contributed by atoms with Gasteiger partial charge in [0.1, 0.15) is 17.2 Å². The van der Waals surface area contributed by atoms with Gasteiger partial charge in [-0.3, -0.25) is 4.79 Å². The van der Waals surface area contributed by atoms with E-state index in [4.69, 9.17) is 0 Å². The lowest BCUT2D eigenvalue weighted by Gasteiger charge is -2.27. The summed E-state index contributed by atoms with van der Waals surface area (Å²) in [6.07, 6.45) is 1.73. The highest BCUT2D eigenvalue weighted by Gasteiger charge is 2.33. The Balaban J connectivity index is 1.39. The number of aliphatic hydroxyl groups excluding tert-OH is 1. The quantitative estimate of drug-likeness (QED) is 0.504. The normalized spacial score (nSPS) is 18.5. The predicted molar refractivity (Wildman–Crippen MR) is 118 cm³/mol. The molecule has 1 aliphatic rings. The zero-order valence-electron chi connectivity index (χ0n) is 18.5. The Morgan fingerprint density at radius 2 is 1.85 bits per heavy atom. The zero-order valence-corrected chi connectivity index (χ0v) is 18.5. The van der Waals surface area contributed by atoms with Crippen molar-refractivity contribution in [3.05, 3.63) is 65.6 Å². The van der Waals surface area contributed by atoms with Crippen LogP contribution in [0.4, 0.5) is 19.0 Å². The van der Waals surface area contributed by atoms with E-state index >= 15 is 0 Å². The van der Waals surface area contributed by atoms with Crippen LogP contribution in [0, 0.1) is 6.92 Å². The van der Waals surface area contributed by atoms with Crippen molar-refractivity contribution in [3.63, 3.8) is 0 Å². The molecule has 2 aromatic heterocycles. The number of alkyl halides is 3. The number of carbonyl (C=O) groups is 1. The highest BCUT2D eigenvalue weighted by Crippen LogP contribution is 2.28. The van der Waals surface area contributed by atoms with Gasteiger partial charge in [0.05, 0.1) is 12.4 Å². The molecule has 2 heterocycles. The molecule has 1 amide bonds. The Morgan fingerprint density at radius 1 is 1.15 bits per heavy atom. The monoisotopic (exact) mass is 474 g/mol. The van der Waals surface area contributed by atoms with E-state index in [1.165, 1.54) is 10.8 Å². The smallest absolute Gasteiger partial charge is 0.393 e. The van der Waals surface area contributed by atoms with Crippen molar-refractivity contribution >= 4 is 11.7 Å². The fourth-order valence-electron chi connectivity index (χ4n) is 3.83. The van der Waals surface area contributed by atoms with Gasteiger partial charge in [-0.1, -0.05) is 12.1 Å². The molecule has 3 N–H and O–H groups in total. The van der Waals surface area contributed by atoms with Gasteiger partial charge in [0.15, 0.2) is 5.69 Å². The molecule has 1 aromatic carbocycles. The van der Waals surface area contributed by atoms with E-state index in [1.54, 1.807) is 31.2 Å². The van der Waals surface area contributed by atoms with Crippen LogP contribution >= 0.6 is 0 Å². The Morgan fingerprint density at radius 3 is 2.50 bits per heavy atom. The number of hydrogen-bond donors (Lipinski definition) is 3. The first-order chi connectivity index (χ1) is 16.2. The van der Waals surface area contributed by atoms with Gasteiger partial charge in [-0.05, 0) is 50.3 Å². The second kappa shape index (κ2) is 9.80. The zero-order chi connectivity index (χ0) is 24.3. The van der Waals surface area contributed by atoms with Gasteiger partial charge in [-0.25, -0.2) is 15.0 Å². The van der Waals surface area contributed by atoms with Gasteiger partial charge in [0.2, 0.25) is 0 Å². The SMILES string of the molecule is Cc1ncc(C(=O)NCc2ccc(-n3cnc(C(F)(F)F)c3)cc2)c(NC2CCC(O)CC2)n1. The Kier molecular flexibility index (Phi) is 6.82. The summed E-state index contributed by atoms with van der Waals surface area (Å²) < 4.78 is 39.6. The minimum Gasteiger partial charge on any atom is -0.393 e. The van der Waals surface area contributed by atoms with Crippen molar-refractivity contribution < 1.29 is 23.1 Å². The molecule has 180 valence electrons. The fraction of sp³-hybridized carbons (Fsp3) is 0.391. The number of anilines is 1. The lowest BCUT2D eigenvalue weighted by atomic mass is 9.93. The van der Waals surface area contributed by atoms with Crippen LogP contribution in [0.2, 0.25) is 0 Å². The molecule has 8 nitrogen and oxygen atoms in total. The molecule has 0 atom stereocenters. The molecule has 3 aromatic rings. The number of halogens is 3. The molecule has 0 aliphatic heterocycles. The number of aryl methyl sites for hydroxylation is 1. The molecule has 0 unspecified atom stereocenters. The summed E-state index contributed by atoms with van der Waals surface area (Å²) in [5.74, 6) is 0.660. The maximum atomic E-state index is 12.8. The number of benzene rings is 1. The molecular weight excluding hydrogens is 449 g/mol. The summed E-state index contributed by atoms with van der Waals surface area (Å²) in [4.78, 5) is 24.8. The van der Waals surface area contributed by atoms with E-state index in [-0.39, 0.29) is 24.6 Å². The third-order valence-corrected chi connectivity index (χ3v) is 5.75. The minimum absolute atomic E-state index is 0.123. The van der Waals surface area contributed by atoms with Gasteiger partial charge >= 0.3 is 6.18 Å². The van der Waals surface area contributed by atoms with Gasteiger partial charge in [0.25, 0.3) is 5.91 Å². The molecule has 1 aliphatic carbocycles. The molecular formula is C23H25F3N6O2. The summed E-state index contributed by atoms with van der Waals surface area (Å²) in [6.45, 7) is 1.97. The van der Waals surface area contributed by atoms with Gasteiger partial charge in [0, 0.05) is 30.7 Å². The highest BCUT2D eigenvalue weighted by atomic mass is 19.4. The molecule has 1 saturated carbocycles. The van der Waals surface area contributed by atoms with Crippen LogP contribution in [-0.2, 0) is 12.7 Å². The molecule has 4 rings (SSSR count). The Hall–Kier alpha value is -3.47. The van der Waals surface area contributed by atoms with Crippen LogP contribution in [0.15, 0.2) is 43.0 Å². The molecule has 1 fully saturated rings. The summed E-state index contributed by atoms with van der Waals surface area (Å²) >= 11 is 0. The minimum atomic E-state index is -4.50. The van der Waals surface area contributed by atoms with Crippen molar-refractivity contribution in [2.45, 2.75) is 57.5 Å². The maximum Gasteiger partial charge on any atom is 0.434 e. The molecule has 0 spiro atoms. The van der Waals surface area contributed by atoms with E-state index in [2.05, 4.69) is 25.6 Å². The summed E-state index contributed by atoms with van der Waals surface area (Å²) in [7, 11) is 0. The average Bonchev–Trinajstić information content (AvgIpc) is 3.31. The second-order valence-electron chi connectivity index (χ2n) is 8.34. The number of rotatable bonds is 6. The van der Waals surface area contributed by atoms with E-state index in [0.717, 1.165) is 30.9 Å². The fourth-order valence-corrected chi connectivity index (χ4v) is 3.83.